The number of ether oxygens (including phenoxy) is 2. The highest BCUT2D eigenvalue weighted by Gasteiger charge is 2.25. The zero-order chi connectivity index (χ0) is 17.5. The molecule has 1 N–H and O–H groups in total. The summed E-state index contributed by atoms with van der Waals surface area (Å²) in [5.41, 5.74) is 1.03. The van der Waals surface area contributed by atoms with Crippen LogP contribution in [0.4, 0.5) is 0 Å². The molecule has 0 saturated carbocycles. The molecule has 0 unspecified atom stereocenters. The molecule has 1 aliphatic rings. The molecule has 1 saturated heterocycles. The summed E-state index contributed by atoms with van der Waals surface area (Å²) in [4.78, 5) is 14.7. The van der Waals surface area contributed by atoms with Gasteiger partial charge in [0.25, 0.3) is 0 Å². The Hall–Kier alpha value is -1.75. The van der Waals surface area contributed by atoms with Crippen LogP contribution in [0.5, 0.6) is 11.5 Å². The maximum absolute atomic E-state index is 12.5. The average molecular weight is 334 g/mol. The molecule has 0 radical (unpaired) electrons. The standard InChI is InChI=1S/C19H30N2O3/c1-5-23-17-10-9-15(12-18(17)24-6-2)14(3)20-19(22)16-8-7-11-21(4)13-16/h9-10,12,14,16H,5-8,11,13H2,1-4H3,(H,20,22)/t14-,16+/m0/s1. The van der Waals surface area contributed by atoms with Crippen molar-refractivity contribution in [3.63, 3.8) is 0 Å². The SMILES string of the molecule is CCOc1ccc([C@H](C)NC(=O)[C@@H]2CCCN(C)C2)cc1OCC. The van der Waals surface area contributed by atoms with E-state index < -0.39 is 0 Å². The number of amides is 1. The van der Waals surface area contributed by atoms with Crippen molar-refractivity contribution in [3.8, 4) is 11.5 Å². The van der Waals surface area contributed by atoms with Crippen LogP contribution in [0.2, 0.25) is 0 Å². The van der Waals surface area contributed by atoms with Crippen molar-refractivity contribution in [1.29, 1.82) is 0 Å². The maximum atomic E-state index is 12.5. The maximum Gasteiger partial charge on any atom is 0.224 e. The monoisotopic (exact) mass is 334 g/mol. The zero-order valence-electron chi connectivity index (χ0n) is 15.3. The molecule has 1 fully saturated rings. The average Bonchev–Trinajstić information content (AvgIpc) is 2.56. The minimum Gasteiger partial charge on any atom is -0.490 e. The van der Waals surface area contributed by atoms with Crippen LogP contribution in [-0.4, -0.2) is 44.2 Å². The molecule has 2 rings (SSSR count). The summed E-state index contributed by atoms with van der Waals surface area (Å²) in [6.07, 6.45) is 2.05. The number of carbonyl (C=O) groups excluding carboxylic acids is 1. The van der Waals surface area contributed by atoms with E-state index in [9.17, 15) is 4.79 Å². The number of nitrogens with zero attached hydrogens (tertiary/aromatic N) is 1. The van der Waals surface area contributed by atoms with Crippen LogP contribution in [-0.2, 0) is 4.79 Å². The van der Waals surface area contributed by atoms with E-state index in [1.807, 2.05) is 39.0 Å². The van der Waals surface area contributed by atoms with E-state index in [1.165, 1.54) is 0 Å². The van der Waals surface area contributed by atoms with Crippen molar-refractivity contribution >= 4 is 5.91 Å². The quantitative estimate of drug-likeness (QED) is 0.833. The summed E-state index contributed by atoms with van der Waals surface area (Å²) in [6.45, 7) is 9.01. The van der Waals surface area contributed by atoms with Crippen LogP contribution >= 0.6 is 0 Å². The van der Waals surface area contributed by atoms with Crippen LogP contribution in [0.3, 0.4) is 0 Å². The first-order chi connectivity index (χ1) is 11.5. The second-order valence-corrected chi connectivity index (χ2v) is 6.40. The van der Waals surface area contributed by atoms with E-state index in [4.69, 9.17) is 9.47 Å². The number of rotatable bonds is 7. The van der Waals surface area contributed by atoms with E-state index >= 15 is 0 Å². The molecule has 1 aromatic rings. The minimum atomic E-state index is -0.0559. The number of benzene rings is 1. The molecule has 1 amide bonds. The molecule has 134 valence electrons. The Morgan fingerprint density at radius 1 is 1.29 bits per heavy atom. The molecule has 0 bridgehead atoms. The van der Waals surface area contributed by atoms with Crippen LogP contribution in [0, 0.1) is 5.92 Å². The van der Waals surface area contributed by atoms with E-state index in [-0.39, 0.29) is 17.9 Å². The van der Waals surface area contributed by atoms with Gasteiger partial charge in [-0.15, -0.1) is 0 Å². The summed E-state index contributed by atoms with van der Waals surface area (Å²) >= 11 is 0. The van der Waals surface area contributed by atoms with Gasteiger partial charge in [-0.2, -0.15) is 0 Å². The van der Waals surface area contributed by atoms with E-state index in [0.717, 1.165) is 43.0 Å². The second kappa shape index (κ2) is 8.92. The number of hydrogen-bond acceptors (Lipinski definition) is 4. The molecule has 1 heterocycles. The van der Waals surface area contributed by atoms with Gasteiger partial charge in [0.05, 0.1) is 25.2 Å². The lowest BCUT2D eigenvalue weighted by molar-refractivity contribution is -0.127. The predicted octanol–water partition coefficient (Wildman–Crippen LogP) is 3.00. The number of carbonyl (C=O) groups is 1. The molecule has 1 aromatic carbocycles. The molecule has 0 spiro atoms. The fourth-order valence-corrected chi connectivity index (χ4v) is 3.13. The third-order valence-electron chi connectivity index (χ3n) is 4.42. The topological polar surface area (TPSA) is 50.8 Å². The Bertz CT molecular complexity index is 547. The summed E-state index contributed by atoms with van der Waals surface area (Å²) in [5.74, 6) is 1.70. The normalized spacial score (nSPS) is 19.6. The van der Waals surface area contributed by atoms with Gasteiger partial charge in [-0.1, -0.05) is 6.07 Å². The zero-order valence-corrected chi connectivity index (χ0v) is 15.3. The van der Waals surface area contributed by atoms with E-state index in [2.05, 4.69) is 17.3 Å². The lowest BCUT2D eigenvalue weighted by atomic mass is 9.97. The van der Waals surface area contributed by atoms with Gasteiger partial charge in [0.2, 0.25) is 5.91 Å². The summed E-state index contributed by atoms with van der Waals surface area (Å²) in [5, 5.41) is 3.15. The molecule has 1 aliphatic heterocycles. The summed E-state index contributed by atoms with van der Waals surface area (Å²) in [7, 11) is 2.07. The largest absolute Gasteiger partial charge is 0.490 e. The van der Waals surface area contributed by atoms with Crippen LogP contribution < -0.4 is 14.8 Å². The minimum absolute atomic E-state index is 0.0559. The van der Waals surface area contributed by atoms with Crippen molar-refractivity contribution in [3.05, 3.63) is 23.8 Å². The Balaban J connectivity index is 2.04. The first kappa shape index (κ1) is 18.6. The Morgan fingerprint density at radius 3 is 2.67 bits per heavy atom. The lowest BCUT2D eigenvalue weighted by Gasteiger charge is -2.29. The van der Waals surface area contributed by atoms with Crippen LogP contribution in [0.15, 0.2) is 18.2 Å². The number of nitrogens with one attached hydrogen (secondary N) is 1. The number of hydrogen-bond donors (Lipinski definition) is 1. The number of likely N-dealkylation sites (tertiary alicyclic amines) is 1. The first-order valence-corrected chi connectivity index (χ1v) is 8.93. The van der Waals surface area contributed by atoms with Gasteiger partial charge in [-0.3, -0.25) is 4.79 Å². The van der Waals surface area contributed by atoms with Crippen LogP contribution in [0.1, 0.15) is 45.2 Å². The fourth-order valence-electron chi connectivity index (χ4n) is 3.13. The summed E-state index contributed by atoms with van der Waals surface area (Å²) in [6, 6.07) is 5.82. The van der Waals surface area contributed by atoms with Crippen molar-refractivity contribution in [2.24, 2.45) is 5.92 Å². The van der Waals surface area contributed by atoms with Gasteiger partial charge in [-0.05, 0) is 64.9 Å². The molecule has 2 atom stereocenters. The molecule has 0 aliphatic carbocycles. The summed E-state index contributed by atoms with van der Waals surface area (Å²) < 4.78 is 11.3. The van der Waals surface area contributed by atoms with E-state index in [1.54, 1.807) is 0 Å². The third kappa shape index (κ3) is 4.87. The van der Waals surface area contributed by atoms with Crippen molar-refractivity contribution < 1.29 is 14.3 Å². The molecule has 5 heteroatoms. The van der Waals surface area contributed by atoms with Gasteiger partial charge < -0.3 is 19.7 Å². The van der Waals surface area contributed by atoms with Gasteiger partial charge in [0.1, 0.15) is 0 Å². The van der Waals surface area contributed by atoms with Gasteiger partial charge in [0.15, 0.2) is 11.5 Å². The molecular formula is C19H30N2O3. The van der Waals surface area contributed by atoms with E-state index in [0.29, 0.717) is 13.2 Å². The Kier molecular flexibility index (Phi) is 6.91. The lowest BCUT2D eigenvalue weighted by Crippen LogP contribution is -2.42. The predicted molar refractivity (Wildman–Crippen MR) is 95.6 cm³/mol. The highest BCUT2D eigenvalue weighted by Crippen LogP contribution is 2.31. The highest BCUT2D eigenvalue weighted by atomic mass is 16.5. The third-order valence-corrected chi connectivity index (χ3v) is 4.42. The Labute approximate surface area is 145 Å². The van der Waals surface area contributed by atoms with Gasteiger partial charge >= 0.3 is 0 Å². The number of piperidine rings is 1. The highest BCUT2D eigenvalue weighted by molar-refractivity contribution is 5.79. The fraction of sp³-hybridized carbons (Fsp3) is 0.632. The van der Waals surface area contributed by atoms with Crippen LogP contribution in [0.25, 0.3) is 0 Å². The van der Waals surface area contributed by atoms with Crippen molar-refractivity contribution in [2.75, 3.05) is 33.4 Å². The Morgan fingerprint density at radius 2 is 2.00 bits per heavy atom. The van der Waals surface area contributed by atoms with Crippen molar-refractivity contribution in [2.45, 2.75) is 39.7 Å². The molecular weight excluding hydrogens is 304 g/mol. The second-order valence-electron chi connectivity index (χ2n) is 6.40. The molecule has 0 aromatic heterocycles. The molecule has 5 nitrogen and oxygen atoms in total. The van der Waals surface area contributed by atoms with Crippen molar-refractivity contribution in [1.82, 2.24) is 10.2 Å². The van der Waals surface area contributed by atoms with Gasteiger partial charge in [0, 0.05) is 6.54 Å². The smallest absolute Gasteiger partial charge is 0.224 e. The van der Waals surface area contributed by atoms with Gasteiger partial charge in [-0.25, -0.2) is 0 Å². The molecule has 24 heavy (non-hydrogen) atoms. The first-order valence-electron chi connectivity index (χ1n) is 8.93.